The predicted molar refractivity (Wildman–Crippen MR) is 104 cm³/mol. The number of aryl methyl sites for hydroxylation is 1. The molecule has 9 heteroatoms. The largest absolute Gasteiger partial charge is 0.419 e. The van der Waals surface area contributed by atoms with Crippen LogP contribution in [-0.4, -0.2) is 21.8 Å². The molecule has 30 heavy (non-hydrogen) atoms. The van der Waals surface area contributed by atoms with Gasteiger partial charge in [0.2, 0.25) is 0 Å². The van der Waals surface area contributed by atoms with Crippen LogP contribution >= 0.6 is 0 Å². The minimum Gasteiger partial charge on any atom is -0.333 e. The number of alkyl halides is 3. The molecule has 0 bridgehead atoms. The van der Waals surface area contributed by atoms with Crippen molar-refractivity contribution in [3.05, 3.63) is 52.4 Å². The number of pyridine rings is 1. The van der Waals surface area contributed by atoms with Crippen LogP contribution in [0.1, 0.15) is 30.9 Å². The molecule has 3 aromatic rings. The molecule has 1 aliphatic rings. The van der Waals surface area contributed by atoms with Crippen molar-refractivity contribution in [1.29, 1.82) is 0 Å². The molecule has 0 atom stereocenters. The van der Waals surface area contributed by atoms with Gasteiger partial charge in [0.15, 0.2) is 0 Å². The van der Waals surface area contributed by atoms with Crippen molar-refractivity contribution in [3.8, 4) is 11.3 Å². The summed E-state index contributed by atoms with van der Waals surface area (Å²) < 4.78 is 70.0. The topological polar surface area (TPSA) is 34.0 Å². The third-order valence-electron chi connectivity index (χ3n) is 5.68. The maximum atomic E-state index is 14.8. The highest BCUT2D eigenvalue weighted by molar-refractivity contribution is 5.94. The minimum absolute atomic E-state index is 0.0145. The number of benzene rings is 1. The Kier molecular flexibility index (Phi) is 4.59. The number of aromatic nitrogens is 3. The van der Waals surface area contributed by atoms with Gasteiger partial charge in [-0.25, -0.2) is 13.8 Å². The molecule has 0 N–H and O–H groups in total. The van der Waals surface area contributed by atoms with E-state index in [-0.39, 0.29) is 5.69 Å². The fourth-order valence-electron chi connectivity index (χ4n) is 3.75. The molecule has 0 aliphatic heterocycles. The number of nitrogens with zero attached hydrogens (tertiary/aromatic N) is 4. The number of rotatable bonds is 3. The third-order valence-corrected chi connectivity index (χ3v) is 5.68. The van der Waals surface area contributed by atoms with Crippen molar-refractivity contribution >= 4 is 16.7 Å². The smallest absolute Gasteiger partial charge is 0.333 e. The third kappa shape index (κ3) is 3.03. The number of allylic oxidation sites excluding steroid dienone is 2. The zero-order valence-electron chi connectivity index (χ0n) is 16.8. The number of hydrogen-bond donors (Lipinski definition) is 0. The summed E-state index contributed by atoms with van der Waals surface area (Å²) in [6, 6.07) is 2.23. The summed E-state index contributed by atoms with van der Waals surface area (Å²) in [7, 11) is 3.50. The van der Waals surface area contributed by atoms with Crippen LogP contribution in [-0.2, 0) is 13.2 Å². The molecule has 0 spiro atoms. The Morgan fingerprint density at radius 2 is 1.77 bits per heavy atom. The Labute approximate surface area is 169 Å². The molecule has 0 amide bonds. The van der Waals surface area contributed by atoms with E-state index in [0.717, 1.165) is 19.8 Å². The van der Waals surface area contributed by atoms with Crippen LogP contribution in [0.2, 0.25) is 0 Å². The summed E-state index contributed by atoms with van der Waals surface area (Å²) in [6.45, 7) is 3.03. The highest BCUT2D eigenvalue weighted by Gasteiger charge is 2.37. The normalized spacial score (nSPS) is 14.4. The molecular formula is C21H19F5N4. The van der Waals surface area contributed by atoms with E-state index in [1.807, 2.05) is 18.9 Å². The van der Waals surface area contributed by atoms with E-state index in [2.05, 4.69) is 10.1 Å². The van der Waals surface area contributed by atoms with Gasteiger partial charge in [-0.3, -0.25) is 4.68 Å². The Morgan fingerprint density at radius 3 is 2.33 bits per heavy atom. The van der Waals surface area contributed by atoms with Crippen molar-refractivity contribution < 1.29 is 22.0 Å². The van der Waals surface area contributed by atoms with E-state index < -0.39 is 34.5 Å². The van der Waals surface area contributed by atoms with E-state index in [1.54, 1.807) is 13.1 Å². The van der Waals surface area contributed by atoms with Gasteiger partial charge in [-0.15, -0.1) is 0 Å². The second-order valence-electron chi connectivity index (χ2n) is 7.54. The van der Waals surface area contributed by atoms with E-state index in [1.165, 1.54) is 22.1 Å². The lowest BCUT2D eigenvalue weighted by Crippen LogP contribution is -2.23. The average molecular weight is 422 g/mol. The molecule has 158 valence electrons. The molecule has 0 radical (unpaired) electrons. The maximum absolute atomic E-state index is 14.8. The summed E-state index contributed by atoms with van der Waals surface area (Å²) in [5.41, 5.74) is 0.371. The quantitative estimate of drug-likeness (QED) is 0.505. The Balaban J connectivity index is 1.89. The Hall–Kier alpha value is -2.97. The lowest BCUT2D eigenvalue weighted by atomic mass is 9.95. The fourth-order valence-corrected chi connectivity index (χ4v) is 3.75. The van der Waals surface area contributed by atoms with Crippen LogP contribution < -0.4 is 4.90 Å². The minimum atomic E-state index is -4.95. The summed E-state index contributed by atoms with van der Waals surface area (Å²) in [5, 5.41) is 4.61. The zero-order chi connectivity index (χ0) is 22.0. The Bertz CT molecular complexity index is 1210. The summed E-state index contributed by atoms with van der Waals surface area (Å²) >= 11 is 0. The summed E-state index contributed by atoms with van der Waals surface area (Å²) in [5.74, 6) is -2.04. The summed E-state index contributed by atoms with van der Waals surface area (Å²) in [6.07, 6.45) is -1.52. The van der Waals surface area contributed by atoms with E-state index in [9.17, 15) is 22.0 Å². The number of anilines is 1. The molecule has 2 heterocycles. The Morgan fingerprint density at radius 1 is 1.07 bits per heavy atom. The monoisotopic (exact) mass is 422 g/mol. The van der Waals surface area contributed by atoms with E-state index in [0.29, 0.717) is 22.8 Å². The van der Waals surface area contributed by atoms with Gasteiger partial charge >= 0.3 is 6.18 Å². The van der Waals surface area contributed by atoms with Crippen molar-refractivity contribution in [1.82, 2.24) is 14.8 Å². The standard InChI is InChI=1S/C21H19F5N4/c1-10-5-6-15(10)29(3)17-8-16-13(9-27-17)20(28-30(16)4)12-7-14(21(24,25)26)19(23)11(2)18(12)22/h7-9H,5-6H2,1-4H3. The molecule has 4 rings (SSSR count). The molecule has 2 aromatic heterocycles. The molecule has 1 aliphatic carbocycles. The van der Waals surface area contributed by atoms with Gasteiger partial charge in [0.1, 0.15) is 23.1 Å². The first-order valence-electron chi connectivity index (χ1n) is 9.32. The zero-order valence-corrected chi connectivity index (χ0v) is 16.8. The molecule has 0 saturated heterocycles. The SMILES string of the molecule is CC1=C(N(C)c2cc3c(cn2)c(-c2cc(C(F)(F)F)c(F)c(C)c2F)nn3C)CC1. The van der Waals surface area contributed by atoms with Crippen LogP contribution in [0.25, 0.3) is 22.2 Å². The van der Waals surface area contributed by atoms with Gasteiger partial charge in [-0.05, 0) is 32.8 Å². The maximum Gasteiger partial charge on any atom is 0.419 e. The van der Waals surface area contributed by atoms with Crippen LogP contribution in [0.15, 0.2) is 29.6 Å². The molecule has 1 aromatic carbocycles. The van der Waals surface area contributed by atoms with Gasteiger partial charge in [-0.2, -0.15) is 18.3 Å². The van der Waals surface area contributed by atoms with E-state index in [4.69, 9.17) is 0 Å². The second kappa shape index (κ2) is 6.78. The van der Waals surface area contributed by atoms with Gasteiger partial charge in [-0.1, -0.05) is 5.57 Å². The lowest BCUT2D eigenvalue weighted by molar-refractivity contribution is -0.140. The highest BCUT2D eigenvalue weighted by Crippen LogP contribution is 2.39. The van der Waals surface area contributed by atoms with Crippen LogP contribution in [0.5, 0.6) is 0 Å². The number of hydrogen-bond acceptors (Lipinski definition) is 3. The average Bonchev–Trinajstić information content (AvgIpc) is 3.00. The lowest BCUT2D eigenvalue weighted by Gasteiger charge is -2.30. The number of fused-ring (bicyclic) bond motifs is 1. The number of halogens is 5. The van der Waals surface area contributed by atoms with Gasteiger partial charge < -0.3 is 4.90 Å². The first-order valence-corrected chi connectivity index (χ1v) is 9.32. The van der Waals surface area contributed by atoms with Crippen LogP contribution in [0.4, 0.5) is 27.8 Å². The van der Waals surface area contributed by atoms with Gasteiger partial charge in [0.05, 0.1) is 11.1 Å². The second-order valence-corrected chi connectivity index (χ2v) is 7.54. The van der Waals surface area contributed by atoms with Gasteiger partial charge in [0, 0.05) is 48.6 Å². The predicted octanol–water partition coefficient (Wildman–Crippen LogP) is 5.74. The molecular weight excluding hydrogens is 403 g/mol. The van der Waals surface area contributed by atoms with Crippen LogP contribution in [0.3, 0.4) is 0 Å². The van der Waals surface area contributed by atoms with E-state index >= 15 is 0 Å². The van der Waals surface area contributed by atoms with Crippen molar-refractivity contribution in [2.24, 2.45) is 7.05 Å². The fraction of sp³-hybridized carbons (Fsp3) is 0.333. The molecule has 0 fully saturated rings. The molecule has 0 saturated carbocycles. The molecule has 4 nitrogen and oxygen atoms in total. The van der Waals surface area contributed by atoms with Crippen LogP contribution in [0, 0.1) is 18.6 Å². The highest BCUT2D eigenvalue weighted by atomic mass is 19.4. The van der Waals surface area contributed by atoms with Crippen molar-refractivity contribution in [2.45, 2.75) is 32.9 Å². The van der Waals surface area contributed by atoms with Crippen molar-refractivity contribution in [2.75, 3.05) is 11.9 Å². The van der Waals surface area contributed by atoms with Gasteiger partial charge in [0.25, 0.3) is 0 Å². The first-order chi connectivity index (χ1) is 14.0. The van der Waals surface area contributed by atoms with Crippen molar-refractivity contribution in [3.63, 3.8) is 0 Å². The molecule has 0 unspecified atom stereocenters. The summed E-state index contributed by atoms with van der Waals surface area (Å²) in [4.78, 5) is 6.36. The first kappa shape index (κ1) is 20.3.